The molecular formula is C24H36N2O2. The molecule has 4 heteroatoms. The Hall–Kier alpha value is -1.36. The Morgan fingerprint density at radius 3 is 2.54 bits per heavy atom. The van der Waals surface area contributed by atoms with Gasteiger partial charge in [0, 0.05) is 18.6 Å². The van der Waals surface area contributed by atoms with E-state index in [1.807, 2.05) is 24.3 Å². The number of hydrogen-bond donors (Lipinski definition) is 2. The van der Waals surface area contributed by atoms with E-state index in [2.05, 4.69) is 22.4 Å². The number of nitrogens with zero attached hydrogens (tertiary/aromatic N) is 1. The lowest BCUT2D eigenvalue weighted by molar-refractivity contribution is 0.113. The van der Waals surface area contributed by atoms with Crippen molar-refractivity contribution in [3.8, 4) is 5.75 Å². The smallest absolute Gasteiger partial charge is 0.119 e. The van der Waals surface area contributed by atoms with E-state index in [1.54, 1.807) is 0 Å². The van der Waals surface area contributed by atoms with Gasteiger partial charge in [-0.25, -0.2) is 0 Å². The van der Waals surface area contributed by atoms with Crippen molar-refractivity contribution in [3.63, 3.8) is 0 Å². The van der Waals surface area contributed by atoms with Crippen LogP contribution in [-0.4, -0.2) is 48.3 Å². The summed E-state index contributed by atoms with van der Waals surface area (Å²) < 4.78 is 5.89. The largest absolute Gasteiger partial charge is 0.492 e. The lowest BCUT2D eigenvalue weighted by atomic mass is 9.81. The number of likely N-dealkylation sites (tertiary alicyclic amines) is 1. The summed E-state index contributed by atoms with van der Waals surface area (Å²) in [5, 5.41) is 14.7. The molecule has 0 amide bonds. The molecule has 3 aliphatic rings. The third-order valence-electron chi connectivity index (χ3n) is 6.78. The third kappa shape index (κ3) is 5.16. The van der Waals surface area contributed by atoms with Crippen LogP contribution >= 0.6 is 0 Å². The van der Waals surface area contributed by atoms with Crippen LogP contribution in [0.3, 0.4) is 0 Å². The predicted molar refractivity (Wildman–Crippen MR) is 114 cm³/mol. The maximum Gasteiger partial charge on any atom is 0.119 e. The first-order valence-electron chi connectivity index (χ1n) is 11.4. The van der Waals surface area contributed by atoms with Crippen molar-refractivity contribution in [1.29, 1.82) is 0 Å². The normalized spacial score (nSPS) is 27.8. The molecule has 2 N–H and O–H groups in total. The summed E-state index contributed by atoms with van der Waals surface area (Å²) in [5.41, 5.74) is 0.974. The van der Waals surface area contributed by atoms with E-state index in [9.17, 15) is 5.11 Å². The number of ether oxygens (including phenoxy) is 1. The molecule has 0 radical (unpaired) electrons. The molecule has 1 saturated carbocycles. The topological polar surface area (TPSA) is 44.7 Å². The number of nitrogens with one attached hydrogen (secondary N) is 1. The summed E-state index contributed by atoms with van der Waals surface area (Å²) in [6.45, 7) is 4.16. The van der Waals surface area contributed by atoms with Gasteiger partial charge in [-0.2, -0.15) is 0 Å². The second kappa shape index (κ2) is 9.91. The maximum absolute atomic E-state index is 10.9. The van der Waals surface area contributed by atoms with Crippen LogP contribution < -0.4 is 10.1 Å². The number of aliphatic hydroxyl groups excluding tert-OH is 1. The van der Waals surface area contributed by atoms with Gasteiger partial charge in [-0.05, 0) is 68.8 Å². The Morgan fingerprint density at radius 2 is 1.79 bits per heavy atom. The number of rotatable bonds is 7. The summed E-state index contributed by atoms with van der Waals surface area (Å²) in [7, 11) is 0. The minimum Gasteiger partial charge on any atom is -0.492 e. The van der Waals surface area contributed by atoms with Crippen molar-refractivity contribution in [3.05, 3.63) is 42.0 Å². The highest BCUT2D eigenvalue weighted by Crippen LogP contribution is 2.31. The van der Waals surface area contributed by atoms with Crippen molar-refractivity contribution in [2.45, 2.75) is 69.6 Å². The molecule has 3 atom stereocenters. The monoisotopic (exact) mass is 384 g/mol. The minimum absolute atomic E-state index is 0.0962. The highest BCUT2D eigenvalue weighted by atomic mass is 16.5. The Morgan fingerprint density at radius 1 is 1.04 bits per heavy atom. The SMILES string of the molecule is OC(c1ccc(OCCN2CCCC2)cc1)C1CC=CC(C2CCCCC2)N1. The molecule has 0 spiro atoms. The summed E-state index contributed by atoms with van der Waals surface area (Å²) >= 11 is 0. The molecule has 0 aromatic heterocycles. The van der Waals surface area contributed by atoms with E-state index in [0.717, 1.165) is 36.8 Å². The average molecular weight is 385 g/mol. The first-order chi connectivity index (χ1) is 13.8. The van der Waals surface area contributed by atoms with Crippen molar-refractivity contribution in [2.24, 2.45) is 5.92 Å². The molecule has 1 aromatic carbocycles. The quantitative estimate of drug-likeness (QED) is 0.696. The standard InChI is InChI=1S/C24H36N2O2/c27-24(23-10-6-9-22(25-23)19-7-2-1-3-8-19)20-11-13-21(14-12-20)28-18-17-26-15-4-5-16-26/h6,9,11-14,19,22-25,27H,1-5,7-8,10,15-18H2. The molecule has 1 aliphatic carbocycles. The van der Waals surface area contributed by atoms with Crippen LogP contribution in [0.15, 0.2) is 36.4 Å². The molecule has 1 aromatic rings. The zero-order chi connectivity index (χ0) is 19.2. The second-order valence-electron chi connectivity index (χ2n) is 8.77. The molecule has 2 fully saturated rings. The fraction of sp³-hybridized carbons (Fsp3) is 0.667. The average Bonchev–Trinajstić information content (AvgIpc) is 3.28. The molecule has 4 nitrogen and oxygen atoms in total. The van der Waals surface area contributed by atoms with Crippen molar-refractivity contribution in [2.75, 3.05) is 26.2 Å². The Kier molecular flexibility index (Phi) is 7.05. The lowest BCUT2D eigenvalue weighted by Crippen LogP contribution is -2.47. The van der Waals surface area contributed by atoms with Crippen LogP contribution in [0.4, 0.5) is 0 Å². The van der Waals surface area contributed by atoms with Gasteiger partial charge in [0.1, 0.15) is 12.4 Å². The molecule has 154 valence electrons. The van der Waals surface area contributed by atoms with Gasteiger partial charge in [0.2, 0.25) is 0 Å². The van der Waals surface area contributed by atoms with Crippen LogP contribution in [-0.2, 0) is 0 Å². The van der Waals surface area contributed by atoms with Gasteiger partial charge >= 0.3 is 0 Å². The van der Waals surface area contributed by atoms with E-state index >= 15 is 0 Å². The summed E-state index contributed by atoms with van der Waals surface area (Å²) in [5.74, 6) is 1.62. The summed E-state index contributed by atoms with van der Waals surface area (Å²) in [6, 6.07) is 8.55. The van der Waals surface area contributed by atoms with Gasteiger partial charge in [0.25, 0.3) is 0 Å². The van der Waals surface area contributed by atoms with E-state index in [0.29, 0.717) is 6.04 Å². The first kappa shape index (κ1) is 19.9. The van der Waals surface area contributed by atoms with Gasteiger partial charge < -0.3 is 15.2 Å². The van der Waals surface area contributed by atoms with Crippen molar-refractivity contribution in [1.82, 2.24) is 10.2 Å². The van der Waals surface area contributed by atoms with E-state index in [1.165, 1.54) is 58.0 Å². The Labute approximate surface area is 170 Å². The lowest BCUT2D eigenvalue weighted by Gasteiger charge is -2.36. The highest BCUT2D eigenvalue weighted by molar-refractivity contribution is 5.29. The van der Waals surface area contributed by atoms with Crippen molar-refractivity contribution < 1.29 is 9.84 Å². The van der Waals surface area contributed by atoms with Gasteiger partial charge in [0.15, 0.2) is 0 Å². The molecule has 2 heterocycles. The summed E-state index contributed by atoms with van der Waals surface area (Å²) in [6.07, 6.45) is 14.3. The zero-order valence-electron chi connectivity index (χ0n) is 17.1. The van der Waals surface area contributed by atoms with Crippen LogP contribution in [0.1, 0.15) is 63.0 Å². The third-order valence-corrected chi connectivity index (χ3v) is 6.78. The fourth-order valence-corrected chi connectivity index (χ4v) is 5.04. The Bertz CT molecular complexity index is 618. The van der Waals surface area contributed by atoms with Crippen molar-refractivity contribution >= 4 is 0 Å². The van der Waals surface area contributed by atoms with E-state index in [4.69, 9.17) is 4.74 Å². The molecule has 0 bridgehead atoms. The number of benzene rings is 1. The van der Waals surface area contributed by atoms with Gasteiger partial charge in [-0.1, -0.05) is 43.5 Å². The molecule has 4 rings (SSSR count). The molecule has 1 saturated heterocycles. The van der Waals surface area contributed by atoms with Crippen LogP contribution in [0.25, 0.3) is 0 Å². The molecular weight excluding hydrogens is 348 g/mol. The predicted octanol–water partition coefficient (Wildman–Crippen LogP) is 4.06. The van der Waals surface area contributed by atoms with Gasteiger partial charge in [0.05, 0.1) is 6.10 Å². The first-order valence-corrected chi connectivity index (χ1v) is 11.4. The van der Waals surface area contributed by atoms with Crippen LogP contribution in [0, 0.1) is 5.92 Å². The van der Waals surface area contributed by atoms with E-state index < -0.39 is 6.10 Å². The molecule has 28 heavy (non-hydrogen) atoms. The number of hydrogen-bond acceptors (Lipinski definition) is 4. The Balaban J connectivity index is 1.27. The second-order valence-corrected chi connectivity index (χ2v) is 8.77. The zero-order valence-corrected chi connectivity index (χ0v) is 17.1. The summed E-state index contributed by atoms with van der Waals surface area (Å²) in [4.78, 5) is 2.46. The number of aliphatic hydroxyl groups is 1. The highest BCUT2D eigenvalue weighted by Gasteiger charge is 2.29. The van der Waals surface area contributed by atoms with E-state index in [-0.39, 0.29) is 6.04 Å². The fourth-order valence-electron chi connectivity index (χ4n) is 5.04. The molecule has 3 unspecified atom stereocenters. The van der Waals surface area contributed by atoms with Gasteiger partial charge in [-0.3, -0.25) is 4.90 Å². The van der Waals surface area contributed by atoms with Crippen LogP contribution in [0.2, 0.25) is 0 Å². The van der Waals surface area contributed by atoms with Gasteiger partial charge in [-0.15, -0.1) is 0 Å². The minimum atomic E-state index is -0.477. The maximum atomic E-state index is 10.9. The van der Waals surface area contributed by atoms with Crippen LogP contribution in [0.5, 0.6) is 5.75 Å². The molecule has 2 aliphatic heterocycles.